The first-order valence-electron chi connectivity index (χ1n) is 5.69. The second kappa shape index (κ2) is 4.64. The highest BCUT2D eigenvalue weighted by Crippen LogP contribution is 2.35. The molecule has 1 aliphatic rings. The number of aromatic carboxylic acids is 1. The molecule has 1 aliphatic carbocycles. The van der Waals surface area contributed by atoms with Gasteiger partial charge >= 0.3 is 5.97 Å². The minimum atomic E-state index is -3.56. The lowest BCUT2D eigenvalue weighted by Crippen LogP contribution is -2.38. The highest BCUT2D eigenvalue weighted by atomic mass is 32.2. The second-order valence-electron chi connectivity index (χ2n) is 4.62. The summed E-state index contributed by atoms with van der Waals surface area (Å²) in [6.07, 6.45) is 1.77. The molecule has 0 aromatic carbocycles. The van der Waals surface area contributed by atoms with Crippen LogP contribution in [0.25, 0.3) is 0 Å². The van der Waals surface area contributed by atoms with Crippen LogP contribution in [0.2, 0.25) is 0 Å². The van der Waals surface area contributed by atoms with Gasteiger partial charge in [-0.2, -0.15) is 4.31 Å². The van der Waals surface area contributed by atoms with Crippen LogP contribution in [0.3, 0.4) is 0 Å². The fraction of sp³-hybridized carbons (Fsp3) is 0.545. The van der Waals surface area contributed by atoms with Gasteiger partial charge in [0.1, 0.15) is 4.21 Å². The van der Waals surface area contributed by atoms with Gasteiger partial charge in [0.2, 0.25) is 0 Å². The molecule has 0 amide bonds. The number of thiophene rings is 1. The van der Waals surface area contributed by atoms with Crippen LogP contribution in [0.15, 0.2) is 15.7 Å². The lowest BCUT2D eigenvalue weighted by atomic mass is 10.4. The van der Waals surface area contributed by atoms with E-state index in [1.54, 1.807) is 0 Å². The predicted octanol–water partition coefficient (Wildman–Crippen LogP) is 2.01. The minimum absolute atomic E-state index is 0.0260. The molecule has 0 saturated heterocycles. The van der Waals surface area contributed by atoms with Crippen LogP contribution in [0.4, 0.5) is 0 Å². The SMILES string of the molecule is CC(C)N(C1CC1)S(=O)(=O)c1cc(C(=O)O)cs1. The summed E-state index contributed by atoms with van der Waals surface area (Å²) in [5.74, 6) is -1.10. The Morgan fingerprint density at radius 1 is 1.50 bits per heavy atom. The molecule has 18 heavy (non-hydrogen) atoms. The van der Waals surface area contributed by atoms with Crippen LogP contribution in [0.1, 0.15) is 37.0 Å². The summed E-state index contributed by atoms with van der Waals surface area (Å²) in [4.78, 5) is 10.8. The fourth-order valence-electron chi connectivity index (χ4n) is 1.89. The van der Waals surface area contributed by atoms with Crippen LogP contribution in [-0.4, -0.2) is 35.9 Å². The second-order valence-corrected chi connectivity index (χ2v) is 7.60. The summed E-state index contributed by atoms with van der Waals surface area (Å²) in [6, 6.07) is 1.20. The van der Waals surface area contributed by atoms with Gasteiger partial charge in [-0.15, -0.1) is 11.3 Å². The first kappa shape index (κ1) is 13.5. The average Bonchev–Trinajstić information content (AvgIpc) is 2.93. The number of carbonyl (C=O) groups is 1. The zero-order chi connectivity index (χ0) is 13.5. The van der Waals surface area contributed by atoms with Crippen molar-refractivity contribution in [1.82, 2.24) is 4.31 Å². The molecule has 1 heterocycles. The highest BCUT2D eigenvalue weighted by molar-refractivity contribution is 7.91. The molecule has 7 heteroatoms. The predicted molar refractivity (Wildman–Crippen MR) is 68.5 cm³/mol. The summed E-state index contributed by atoms with van der Waals surface area (Å²) in [7, 11) is -3.56. The maximum absolute atomic E-state index is 12.4. The first-order valence-corrected chi connectivity index (χ1v) is 8.01. The lowest BCUT2D eigenvalue weighted by molar-refractivity contribution is 0.0697. The number of hydrogen-bond donors (Lipinski definition) is 1. The normalized spacial score (nSPS) is 16.4. The minimum Gasteiger partial charge on any atom is -0.478 e. The van der Waals surface area contributed by atoms with E-state index in [4.69, 9.17) is 5.11 Å². The van der Waals surface area contributed by atoms with Crippen LogP contribution in [0.5, 0.6) is 0 Å². The largest absolute Gasteiger partial charge is 0.478 e. The molecule has 0 radical (unpaired) electrons. The van der Waals surface area contributed by atoms with Gasteiger partial charge < -0.3 is 5.11 Å². The Kier molecular flexibility index (Phi) is 3.48. The van der Waals surface area contributed by atoms with Crippen LogP contribution >= 0.6 is 11.3 Å². The Hall–Kier alpha value is -0.920. The van der Waals surface area contributed by atoms with E-state index in [1.807, 2.05) is 13.8 Å². The molecule has 0 atom stereocenters. The van der Waals surface area contributed by atoms with Crippen molar-refractivity contribution >= 4 is 27.3 Å². The molecule has 0 spiro atoms. The zero-order valence-electron chi connectivity index (χ0n) is 10.2. The quantitative estimate of drug-likeness (QED) is 0.899. The monoisotopic (exact) mass is 289 g/mol. The molecular formula is C11H15NO4S2. The smallest absolute Gasteiger partial charge is 0.336 e. The Morgan fingerprint density at radius 2 is 2.11 bits per heavy atom. The van der Waals surface area contributed by atoms with E-state index in [0.29, 0.717) is 0 Å². The van der Waals surface area contributed by atoms with Gasteiger partial charge in [-0.3, -0.25) is 0 Å². The van der Waals surface area contributed by atoms with E-state index in [0.717, 1.165) is 24.2 Å². The van der Waals surface area contributed by atoms with E-state index in [-0.39, 0.29) is 21.9 Å². The van der Waals surface area contributed by atoms with Gasteiger partial charge in [0.25, 0.3) is 10.0 Å². The van der Waals surface area contributed by atoms with Crippen LogP contribution < -0.4 is 0 Å². The number of carboxylic acid groups (broad SMARTS) is 1. The third-order valence-corrected chi connectivity index (χ3v) is 6.31. The molecule has 1 saturated carbocycles. The van der Waals surface area contributed by atoms with Gasteiger partial charge in [0, 0.05) is 17.5 Å². The maximum Gasteiger partial charge on any atom is 0.336 e. The summed E-state index contributed by atoms with van der Waals surface area (Å²) in [5, 5.41) is 10.2. The molecule has 1 aromatic rings. The van der Waals surface area contributed by atoms with Crippen molar-refractivity contribution in [3.63, 3.8) is 0 Å². The Balaban J connectivity index is 2.36. The number of hydrogen-bond acceptors (Lipinski definition) is 4. The molecule has 0 aliphatic heterocycles. The fourth-order valence-corrected chi connectivity index (χ4v) is 5.03. The molecule has 1 N–H and O–H groups in total. The third kappa shape index (κ3) is 2.43. The number of carboxylic acids is 1. The van der Waals surface area contributed by atoms with E-state index >= 15 is 0 Å². The molecule has 2 rings (SSSR count). The van der Waals surface area contributed by atoms with Crippen LogP contribution in [0, 0.1) is 0 Å². The first-order chi connectivity index (χ1) is 8.34. The van der Waals surface area contributed by atoms with Crippen LogP contribution in [-0.2, 0) is 10.0 Å². The molecule has 1 aromatic heterocycles. The third-order valence-electron chi connectivity index (χ3n) is 2.77. The van der Waals surface area contributed by atoms with Crippen molar-refractivity contribution in [1.29, 1.82) is 0 Å². The zero-order valence-corrected chi connectivity index (χ0v) is 11.8. The Morgan fingerprint density at radius 3 is 2.50 bits per heavy atom. The Labute approximate surface area is 110 Å². The van der Waals surface area contributed by atoms with Gasteiger partial charge in [0.15, 0.2) is 0 Å². The Bertz CT molecular complexity index is 555. The van der Waals surface area contributed by atoms with Crippen molar-refractivity contribution in [2.24, 2.45) is 0 Å². The summed E-state index contributed by atoms with van der Waals surface area (Å²) >= 11 is 0.965. The molecule has 5 nitrogen and oxygen atoms in total. The van der Waals surface area contributed by atoms with E-state index in [2.05, 4.69) is 0 Å². The van der Waals surface area contributed by atoms with Crippen molar-refractivity contribution in [3.05, 3.63) is 17.0 Å². The van der Waals surface area contributed by atoms with Gasteiger partial charge in [-0.1, -0.05) is 0 Å². The molecular weight excluding hydrogens is 274 g/mol. The molecule has 0 unspecified atom stereocenters. The van der Waals surface area contributed by atoms with Crippen molar-refractivity contribution in [2.45, 2.75) is 43.0 Å². The molecule has 100 valence electrons. The standard InChI is InChI=1S/C11H15NO4S2/c1-7(2)12(9-3-4-9)18(15,16)10-5-8(6-17-10)11(13)14/h5-7,9H,3-4H2,1-2H3,(H,13,14). The lowest BCUT2D eigenvalue weighted by Gasteiger charge is -2.24. The van der Waals surface area contributed by atoms with Gasteiger partial charge in [-0.05, 0) is 32.8 Å². The van der Waals surface area contributed by atoms with E-state index in [9.17, 15) is 13.2 Å². The van der Waals surface area contributed by atoms with Crippen molar-refractivity contribution in [3.8, 4) is 0 Å². The van der Waals surface area contributed by atoms with Gasteiger partial charge in [-0.25, -0.2) is 13.2 Å². The van der Waals surface area contributed by atoms with Gasteiger partial charge in [0.05, 0.1) is 5.56 Å². The van der Waals surface area contributed by atoms with Crippen molar-refractivity contribution < 1.29 is 18.3 Å². The summed E-state index contributed by atoms with van der Waals surface area (Å²) < 4.78 is 26.5. The maximum atomic E-state index is 12.4. The highest BCUT2D eigenvalue weighted by Gasteiger charge is 2.40. The van der Waals surface area contributed by atoms with E-state index < -0.39 is 16.0 Å². The molecule has 1 fully saturated rings. The number of rotatable bonds is 5. The number of sulfonamides is 1. The summed E-state index contributed by atoms with van der Waals surface area (Å²) in [5.41, 5.74) is 0.0260. The molecule has 0 bridgehead atoms. The van der Waals surface area contributed by atoms with E-state index in [1.165, 1.54) is 15.8 Å². The summed E-state index contributed by atoms with van der Waals surface area (Å²) in [6.45, 7) is 3.67. The average molecular weight is 289 g/mol. The topological polar surface area (TPSA) is 74.7 Å². The number of nitrogens with zero attached hydrogens (tertiary/aromatic N) is 1. The van der Waals surface area contributed by atoms with Crippen molar-refractivity contribution in [2.75, 3.05) is 0 Å².